The molecule has 70 valence electrons. The highest BCUT2D eigenvalue weighted by atomic mass is 16.6. The van der Waals surface area contributed by atoms with Crippen LogP contribution in [0.4, 0.5) is 0 Å². The van der Waals surface area contributed by atoms with Crippen molar-refractivity contribution < 1.29 is 9.47 Å². The minimum atomic E-state index is 0.103. The maximum Gasteiger partial charge on any atom is 0.100 e. The fourth-order valence-electron chi connectivity index (χ4n) is 2.06. The highest BCUT2D eigenvalue weighted by Crippen LogP contribution is 2.36. The van der Waals surface area contributed by atoms with Crippen LogP contribution < -0.4 is 0 Å². The molecular weight excluding hydrogens is 164 g/mol. The van der Waals surface area contributed by atoms with Gasteiger partial charge < -0.3 is 9.47 Å². The summed E-state index contributed by atoms with van der Waals surface area (Å²) >= 11 is 0. The van der Waals surface area contributed by atoms with Crippen LogP contribution in [0.1, 0.15) is 6.92 Å². The van der Waals surface area contributed by atoms with Crippen molar-refractivity contribution in [1.82, 2.24) is 0 Å². The second-order valence-electron chi connectivity index (χ2n) is 3.82. The molecule has 2 heterocycles. The van der Waals surface area contributed by atoms with Crippen molar-refractivity contribution in [3.63, 3.8) is 0 Å². The van der Waals surface area contributed by atoms with Crippen molar-refractivity contribution in [3.8, 4) is 12.3 Å². The molecule has 13 heavy (non-hydrogen) atoms. The Morgan fingerprint density at radius 2 is 2.08 bits per heavy atom. The van der Waals surface area contributed by atoms with Gasteiger partial charge in [0.15, 0.2) is 0 Å². The molecular formula is C11H14O2. The lowest BCUT2D eigenvalue weighted by molar-refractivity contribution is 0.0655. The first-order chi connectivity index (χ1) is 6.24. The van der Waals surface area contributed by atoms with E-state index in [1.807, 2.05) is 6.92 Å². The van der Waals surface area contributed by atoms with Gasteiger partial charge in [0.25, 0.3) is 0 Å². The van der Waals surface area contributed by atoms with Crippen LogP contribution in [0.3, 0.4) is 0 Å². The second kappa shape index (κ2) is 3.17. The number of hydrogen-bond acceptors (Lipinski definition) is 2. The molecule has 2 aliphatic rings. The molecule has 2 nitrogen and oxygen atoms in total. The third-order valence-corrected chi connectivity index (χ3v) is 2.90. The molecule has 0 radical (unpaired) electrons. The van der Waals surface area contributed by atoms with E-state index in [4.69, 9.17) is 15.9 Å². The number of ether oxygens (including phenoxy) is 2. The van der Waals surface area contributed by atoms with Crippen LogP contribution in [-0.4, -0.2) is 25.4 Å². The Hall–Kier alpha value is -0.780. The fraction of sp³-hybridized carbons (Fsp3) is 0.636. The van der Waals surface area contributed by atoms with Gasteiger partial charge in [-0.25, -0.2) is 0 Å². The SMILES string of the molecule is C#CC1COC2C(C(=C)C)COC12. The standard InChI is InChI=1S/C11H14O2/c1-4-8-5-12-11-9(7(2)3)6-13-10(8)11/h1,8-11H,2,5-6H2,3H3. The third kappa shape index (κ3) is 1.29. The predicted octanol–water partition coefficient (Wildman–Crippen LogP) is 1.23. The summed E-state index contributed by atoms with van der Waals surface area (Å²) in [5.74, 6) is 3.19. The van der Waals surface area contributed by atoms with Crippen LogP contribution >= 0.6 is 0 Å². The van der Waals surface area contributed by atoms with E-state index in [-0.39, 0.29) is 18.1 Å². The van der Waals surface area contributed by atoms with E-state index in [2.05, 4.69) is 12.5 Å². The highest BCUT2D eigenvalue weighted by molar-refractivity contribution is 5.12. The monoisotopic (exact) mass is 178 g/mol. The molecule has 2 heteroatoms. The van der Waals surface area contributed by atoms with Gasteiger partial charge in [-0.05, 0) is 6.92 Å². The van der Waals surface area contributed by atoms with Crippen molar-refractivity contribution in [2.45, 2.75) is 19.1 Å². The molecule has 0 bridgehead atoms. The Kier molecular flexibility index (Phi) is 2.15. The Bertz CT molecular complexity index is 264. The molecule has 0 aromatic carbocycles. The summed E-state index contributed by atoms with van der Waals surface area (Å²) in [5.41, 5.74) is 1.13. The zero-order valence-electron chi connectivity index (χ0n) is 7.82. The minimum Gasteiger partial charge on any atom is -0.373 e. The average Bonchev–Trinajstić information content (AvgIpc) is 2.61. The molecule has 0 saturated carbocycles. The van der Waals surface area contributed by atoms with Gasteiger partial charge in [-0.15, -0.1) is 6.42 Å². The second-order valence-corrected chi connectivity index (χ2v) is 3.82. The smallest absolute Gasteiger partial charge is 0.100 e. The fourth-order valence-corrected chi connectivity index (χ4v) is 2.06. The first-order valence-corrected chi connectivity index (χ1v) is 4.58. The number of terminal acetylenes is 1. The Labute approximate surface area is 78.9 Å². The molecule has 4 atom stereocenters. The van der Waals surface area contributed by atoms with Crippen LogP contribution in [0.5, 0.6) is 0 Å². The van der Waals surface area contributed by atoms with Gasteiger partial charge in [-0.1, -0.05) is 18.1 Å². The number of rotatable bonds is 1. The van der Waals surface area contributed by atoms with Crippen molar-refractivity contribution in [2.24, 2.45) is 11.8 Å². The van der Waals surface area contributed by atoms with Gasteiger partial charge >= 0.3 is 0 Å². The summed E-state index contributed by atoms with van der Waals surface area (Å²) in [4.78, 5) is 0. The molecule has 0 amide bonds. The number of hydrogen-bond donors (Lipinski definition) is 0. The predicted molar refractivity (Wildman–Crippen MR) is 50.1 cm³/mol. The van der Waals surface area contributed by atoms with Gasteiger partial charge in [-0.3, -0.25) is 0 Å². The summed E-state index contributed by atoms with van der Waals surface area (Å²) in [7, 11) is 0. The summed E-state index contributed by atoms with van der Waals surface area (Å²) in [5, 5.41) is 0. The summed E-state index contributed by atoms with van der Waals surface area (Å²) in [6.45, 7) is 7.30. The van der Waals surface area contributed by atoms with Crippen molar-refractivity contribution >= 4 is 0 Å². The van der Waals surface area contributed by atoms with Crippen LogP contribution in [0.25, 0.3) is 0 Å². The zero-order valence-corrected chi connectivity index (χ0v) is 7.82. The molecule has 0 spiro atoms. The van der Waals surface area contributed by atoms with E-state index in [9.17, 15) is 0 Å². The Morgan fingerprint density at radius 1 is 1.38 bits per heavy atom. The van der Waals surface area contributed by atoms with Crippen molar-refractivity contribution in [2.75, 3.05) is 13.2 Å². The molecule has 2 rings (SSSR count). The molecule has 0 aliphatic carbocycles. The molecule has 2 aliphatic heterocycles. The average molecular weight is 178 g/mol. The lowest BCUT2D eigenvalue weighted by atomic mass is 9.93. The van der Waals surface area contributed by atoms with Gasteiger partial charge in [-0.2, -0.15) is 0 Å². The normalized spacial score (nSPS) is 42.8. The largest absolute Gasteiger partial charge is 0.373 e. The van der Waals surface area contributed by atoms with Gasteiger partial charge in [0.1, 0.15) is 6.10 Å². The van der Waals surface area contributed by atoms with Crippen molar-refractivity contribution in [3.05, 3.63) is 12.2 Å². The molecule has 2 saturated heterocycles. The summed E-state index contributed by atoms with van der Waals surface area (Å²) in [6.07, 6.45) is 5.63. The van der Waals surface area contributed by atoms with Crippen molar-refractivity contribution in [1.29, 1.82) is 0 Å². The quantitative estimate of drug-likeness (QED) is 0.444. The van der Waals surface area contributed by atoms with Gasteiger partial charge in [0.2, 0.25) is 0 Å². The minimum absolute atomic E-state index is 0.103. The first-order valence-electron chi connectivity index (χ1n) is 4.58. The lowest BCUT2D eigenvalue weighted by Crippen LogP contribution is -2.25. The van der Waals surface area contributed by atoms with Gasteiger partial charge in [0, 0.05) is 5.92 Å². The van der Waals surface area contributed by atoms with E-state index in [1.54, 1.807) is 0 Å². The zero-order chi connectivity index (χ0) is 9.42. The van der Waals surface area contributed by atoms with E-state index in [0.717, 1.165) is 5.57 Å². The highest BCUT2D eigenvalue weighted by Gasteiger charge is 2.46. The van der Waals surface area contributed by atoms with E-state index in [0.29, 0.717) is 19.1 Å². The third-order valence-electron chi connectivity index (χ3n) is 2.90. The maximum atomic E-state index is 5.63. The van der Waals surface area contributed by atoms with E-state index in [1.165, 1.54) is 0 Å². The number of fused-ring (bicyclic) bond motifs is 1. The molecule has 0 N–H and O–H groups in total. The van der Waals surface area contributed by atoms with Crippen LogP contribution in [0.15, 0.2) is 12.2 Å². The van der Waals surface area contributed by atoms with Gasteiger partial charge in [0.05, 0.1) is 25.2 Å². The first kappa shape index (κ1) is 8.80. The van der Waals surface area contributed by atoms with E-state index >= 15 is 0 Å². The molecule has 4 unspecified atom stereocenters. The molecule has 0 aromatic heterocycles. The topological polar surface area (TPSA) is 18.5 Å². The van der Waals surface area contributed by atoms with Crippen LogP contribution in [-0.2, 0) is 9.47 Å². The van der Waals surface area contributed by atoms with Crippen LogP contribution in [0.2, 0.25) is 0 Å². The molecule has 0 aromatic rings. The molecule has 2 fully saturated rings. The summed E-state index contributed by atoms with van der Waals surface area (Å²) in [6, 6.07) is 0. The Balaban J connectivity index is 2.12. The summed E-state index contributed by atoms with van der Waals surface area (Å²) < 4.78 is 11.3. The van der Waals surface area contributed by atoms with Crippen LogP contribution in [0, 0.1) is 24.2 Å². The lowest BCUT2D eigenvalue weighted by Gasteiger charge is -2.15. The Morgan fingerprint density at radius 3 is 2.69 bits per heavy atom. The maximum absolute atomic E-state index is 5.63. The van der Waals surface area contributed by atoms with E-state index < -0.39 is 0 Å².